The normalized spacial score (nSPS) is 10.1. The van der Waals surface area contributed by atoms with Gasteiger partial charge in [-0.3, -0.25) is 9.36 Å². The van der Waals surface area contributed by atoms with E-state index in [2.05, 4.69) is 23.4 Å². The number of hydrogen-bond acceptors (Lipinski definition) is 4. The molecule has 0 amide bonds. The van der Waals surface area contributed by atoms with E-state index in [1.54, 1.807) is 17.6 Å². The van der Waals surface area contributed by atoms with E-state index in [0.29, 0.717) is 27.4 Å². The van der Waals surface area contributed by atoms with Crippen molar-refractivity contribution >= 4 is 33.9 Å². The molecule has 18 heavy (non-hydrogen) atoms. The molecule has 0 aromatic carbocycles. The highest BCUT2D eigenvalue weighted by molar-refractivity contribution is 7.73. The summed E-state index contributed by atoms with van der Waals surface area (Å²) in [7, 11) is 0. The van der Waals surface area contributed by atoms with Crippen molar-refractivity contribution in [1.82, 2.24) is 14.1 Å². The fourth-order valence-corrected chi connectivity index (χ4v) is 2.85. The van der Waals surface area contributed by atoms with Gasteiger partial charge in [-0.25, -0.2) is 4.98 Å². The first kappa shape index (κ1) is 12.7. The summed E-state index contributed by atoms with van der Waals surface area (Å²) in [6.07, 6.45) is 3.24. The van der Waals surface area contributed by atoms with Crippen LogP contribution in [0.15, 0.2) is 23.8 Å². The largest absolute Gasteiger partial charge is 0.304 e. The predicted molar refractivity (Wildman–Crippen MR) is 76.4 cm³/mol. The molecular formula is C12H11N3OS2. The molecule has 2 aromatic heterocycles. The Labute approximate surface area is 113 Å². The molecule has 0 aliphatic heterocycles. The molecule has 0 N–H and O–H groups in total. The first-order valence-electron chi connectivity index (χ1n) is 5.28. The second-order valence-electron chi connectivity index (χ2n) is 3.52. The Bertz CT molecular complexity index is 770. The maximum absolute atomic E-state index is 12.2. The number of fused-ring (bicyclic) bond motifs is 1. The van der Waals surface area contributed by atoms with Crippen LogP contribution in [0, 0.1) is 15.8 Å². The molecule has 2 aromatic rings. The fourth-order valence-electron chi connectivity index (χ4n) is 1.54. The Morgan fingerprint density at radius 2 is 2.44 bits per heavy atom. The van der Waals surface area contributed by atoms with Gasteiger partial charge in [0.25, 0.3) is 5.56 Å². The minimum Gasteiger partial charge on any atom is -0.304 e. The summed E-state index contributed by atoms with van der Waals surface area (Å²) in [5.74, 6) is 5.60. The monoisotopic (exact) mass is 277 g/mol. The summed E-state index contributed by atoms with van der Waals surface area (Å²) in [6.45, 7) is 6.32. The number of allylic oxidation sites excluding steroid dienone is 1. The van der Waals surface area contributed by atoms with Gasteiger partial charge in [0.2, 0.25) is 0 Å². The molecule has 4 nitrogen and oxygen atoms in total. The zero-order chi connectivity index (χ0) is 13.1. The maximum atomic E-state index is 12.2. The van der Waals surface area contributed by atoms with Crippen LogP contribution in [0.25, 0.3) is 10.3 Å². The number of thiazole rings is 1. The van der Waals surface area contributed by atoms with E-state index in [1.165, 1.54) is 22.2 Å². The molecule has 92 valence electrons. The standard InChI is InChI=1S/C12H11N3OS2/c1-3-5-7-14-8-13-10-9(11(14)16)18-12(17)15(10)6-4-2/h4,8H,2,6-7H2,1H3. The molecule has 0 unspecified atom stereocenters. The zero-order valence-corrected chi connectivity index (χ0v) is 11.5. The molecule has 2 heterocycles. The van der Waals surface area contributed by atoms with Crippen LogP contribution in [0.2, 0.25) is 0 Å². The average Bonchev–Trinajstić information content (AvgIpc) is 2.67. The summed E-state index contributed by atoms with van der Waals surface area (Å²) in [5.41, 5.74) is 0.525. The first-order chi connectivity index (χ1) is 8.69. The Kier molecular flexibility index (Phi) is 3.75. The van der Waals surface area contributed by atoms with Crippen LogP contribution in [0.4, 0.5) is 0 Å². The molecule has 0 atom stereocenters. The number of aromatic nitrogens is 3. The van der Waals surface area contributed by atoms with E-state index in [-0.39, 0.29) is 5.56 Å². The highest BCUT2D eigenvalue weighted by Crippen LogP contribution is 2.17. The van der Waals surface area contributed by atoms with Gasteiger partial charge in [-0.1, -0.05) is 23.3 Å². The van der Waals surface area contributed by atoms with Crippen LogP contribution in [0.1, 0.15) is 6.92 Å². The minimum atomic E-state index is -0.0957. The lowest BCUT2D eigenvalue weighted by molar-refractivity contribution is 0.770. The maximum Gasteiger partial charge on any atom is 0.273 e. The van der Waals surface area contributed by atoms with Crippen LogP contribution >= 0.6 is 23.6 Å². The third-order valence-electron chi connectivity index (χ3n) is 2.38. The lowest BCUT2D eigenvalue weighted by Crippen LogP contribution is -2.19. The van der Waals surface area contributed by atoms with Gasteiger partial charge in [-0.15, -0.1) is 12.5 Å². The smallest absolute Gasteiger partial charge is 0.273 e. The van der Waals surface area contributed by atoms with Gasteiger partial charge >= 0.3 is 0 Å². The van der Waals surface area contributed by atoms with Crippen molar-refractivity contribution in [3.63, 3.8) is 0 Å². The van der Waals surface area contributed by atoms with E-state index < -0.39 is 0 Å². The van der Waals surface area contributed by atoms with E-state index in [9.17, 15) is 4.79 Å². The average molecular weight is 277 g/mol. The van der Waals surface area contributed by atoms with Gasteiger partial charge in [0.05, 0.1) is 6.54 Å². The van der Waals surface area contributed by atoms with E-state index >= 15 is 0 Å². The summed E-state index contributed by atoms with van der Waals surface area (Å²) >= 11 is 6.51. The van der Waals surface area contributed by atoms with Crippen LogP contribution in [0.5, 0.6) is 0 Å². The molecule has 2 rings (SSSR count). The molecule has 0 saturated heterocycles. The van der Waals surface area contributed by atoms with Gasteiger partial charge in [0, 0.05) is 6.54 Å². The summed E-state index contributed by atoms with van der Waals surface area (Å²) < 4.78 is 4.50. The van der Waals surface area contributed by atoms with Crippen molar-refractivity contribution < 1.29 is 0 Å². The highest BCUT2D eigenvalue weighted by atomic mass is 32.1. The first-order valence-corrected chi connectivity index (χ1v) is 6.50. The Morgan fingerprint density at radius 1 is 1.67 bits per heavy atom. The van der Waals surface area contributed by atoms with Crippen LogP contribution in [-0.2, 0) is 13.1 Å². The SMILES string of the molecule is C=CCn1c(=S)sc2c(=O)n(CC#CC)cnc21. The second kappa shape index (κ2) is 5.29. The molecule has 0 aliphatic carbocycles. The topological polar surface area (TPSA) is 39.8 Å². The van der Waals surface area contributed by atoms with Gasteiger partial charge in [-0.05, 0) is 19.1 Å². The van der Waals surface area contributed by atoms with Crippen LogP contribution < -0.4 is 5.56 Å². The summed E-state index contributed by atoms with van der Waals surface area (Å²) in [6, 6.07) is 0. The highest BCUT2D eigenvalue weighted by Gasteiger charge is 2.10. The van der Waals surface area contributed by atoms with Gasteiger partial charge in [0.1, 0.15) is 11.0 Å². The zero-order valence-electron chi connectivity index (χ0n) is 9.84. The van der Waals surface area contributed by atoms with Crippen molar-refractivity contribution in [3.8, 4) is 11.8 Å². The second-order valence-corrected chi connectivity index (χ2v) is 5.17. The number of hydrogen-bond donors (Lipinski definition) is 0. The van der Waals surface area contributed by atoms with Crippen molar-refractivity contribution in [2.45, 2.75) is 20.0 Å². The quantitative estimate of drug-likeness (QED) is 0.490. The molecule has 0 aliphatic rings. The fraction of sp³-hybridized carbons (Fsp3) is 0.250. The molecule has 0 spiro atoms. The lowest BCUT2D eigenvalue weighted by atomic mass is 10.5. The van der Waals surface area contributed by atoms with Crippen molar-refractivity contribution in [2.75, 3.05) is 0 Å². The van der Waals surface area contributed by atoms with Gasteiger partial charge < -0.3 is 4.57 Å². The molecular weight excluding hydrogens is 266 g/mol. The van der Waals surface area contributed by atoms with E-state index in [4.69, 9.17) is 12.2 Å². The third-order valence-corrected chi connectivity index (χ3v) is 3.81. The lowest BCUT2D eigenvalue weighted by Gasteiger charge is -2.01. The molecule has 0 saturated carbocycles. The summed E-state index contributed by atoms with van der Waals surface area (Å²) in [4.78, 5) is 16.5. The van der Waals surface area contributed by atoms with Crippen molar-refractivity contribution in [2.24, 2.45) is 0 Å². The van der Waals surface area contributed by atoms with E-state index in [1.807, 2.05) is 0 Å². The summed E-state index contributed by atoms with van der Waals surface area (Å²) in [5, 5.41) is 0. The van der Waals surface area contributed by atoms with Crippen LogP contribution in [0.3, 0.4) is 0 Å². The Hall–Kier alpha value is -1.71. The molecule has 0 bridgehead atoms. The van der Waals surface area contributed by atoms with Gasteiger partial charge in [-0.2, -0.15) is 0 Å². The molecule has 0 fully saturated rings. The molecule has 0 radical (unpaired) electrons. The van der Waals surface area contributed by atoms with Crippen molar-refractivity contribution in [3.05, 3.63) is 33.3 Å². The Morgan fingerprint density at radius 3 is 3.11 bits per heavy atom. The third kappa shape index (κ3) is 2.15. The van der Waals surface area contributed by atoms with E-state index in [0.717, 1.165) is 0 Å². The number of rotatable bonds is 3. The van der Waals surface area contributed by atoms with Gasteiger partial charge in [0.15, 0.2) is 9.60 Å². The predicted octanol–water partition coefficient (Wildman–Crippen LogP) is 2.20. The molecule has 6 heteroatoms. The Balaban J connectivity index is 2.68. The minimum absolute atomic E-state index is 0.0957. The van der Waals surface area contributed by atoms with Crippen molar-refractivity contribution in [1.29, 1.82) is 0 Å². The van der Waals surface area contributed by atoms with Crippen LogP contribution in [-0.4, -0.2) is 14.1 Å². The number of nitrogens with zero attached hydrogens (tertiary/aromatic N) is 3.